The van der Waals surface area contributed by atoms with Crippen LogP contribution in [-0.4, -0.2) is 47.0 Å². The van der Waals surface area contributed by atoms with Gasteiger partial charge in [0.2, 0.25) is 21.7 Å². The SMILES string of the molecule is O=S(=O)(c1ccc(C(F)(F)F)cc1)N1CC[C@H](Oc2ccc(-c3noc(C(F)(F)F)n3)cn2)C1. The average Bonchev–Trinajstić information content (AvgIpc) is 3.44. The van der Waals surface area contributed by atoms with E-state index in [1.165, 1.54) is 18.3 Å². The Bertz CT molecular complexity index is 1260. The number of halogens is 6. The van der Waals surface area contributed by atoms with E-state index in [1.807, 2.05) is 0 Å². The molecule has 3 aromatic rings. The molecule has 34 heavy (non-hydrogen) atoms. The molecule has 182 valence electrons. The normalized spacial score (nSPS) is 17.8. The van der Waals surface area contributed by atoms with E-state index >= 15 is 0 Å². The average molecular weight is 508 g/mol. The minimum absolute atomic E-state index is 0.0629. The molecule has 1 aliphatic heterocycles. The Balaban J connectivity index is 1.39. The van der Waals surface area contributed by atoms with Gasteiger partial charge in [0, 0.05) is 24.4 Å². The van der Waals surface area contributed by atoms with Crippen LogP contribution in [0.3, 0.4) is 0 Å². The van der Waals surface area contributed by atoms with E-state index in [-0.39, 0.29) is 35.3 Å². The largest absolute Gasteiger partial charge is 0.473 e. The van der Waals surface area contributed by atoms with Crippen molar-refractivity contribution in [3.8, 4) is 17.3 Å². The molecule has 2 aromatic heterocycles. The lowest BCUT2D eigenvalue weighted by Crippen LogP contribution is -2.31. The summed E-state index contributed by atoms with van der Waals surface area (Å²) in [5.74, 6) is -1.73. The van der Waals surface area contributed by atoms with Crippen LogP contribution in [0.25, 0.3) is 11.4 Å². The van der Waals surface area contributed by atoms with Gasteiger partial charge in [-0.15, -0.1) is 0 Å². The fourth-order valence-electron chi connectivity index (χ4n) is 3.19. The first-order chi connectivity index (χ1) is 15.8. The minimum Gasteiger partial charge on any atom is -0.473 e. The molecule has 15 heteroatoms. The predicted molar refractivity (Wildman–Crippen MR) is 102 cm³/mol. The lowest BCUT2D eigenvalue weighted by Gasteiger charge is -2.17. The van der Waals surface area contributed by atoms with Crippen LogP contribution >= 0.6 is 0 Å². The Morgan fingerprint density at radius 2 is 1.71 bits per heavy atom. The predicted octanol–water partition coefficient (Wildman–Crippen LogP) is 4.01. The Morgan fingerprint density at radius 1 is 1.00 bits per heavy atom. The standard InChI is InChI=1S/C19H14F6N4O4S/c20-18(21,22)12-2-4-14(5-3-12)34(30,31)29-8-7-13(10-29)32-15-6-1-11(9-26-15)16-27-17(33-28-16)19(23,24)25/h1-6,9,13H,7-8,10H2/t13-/m0/s1. The van der Waals surface area contributed by atoms with E-state index in [0.29, 0.717) is 18.6 Å². The minimum atomic E-state index is -4.78. The molecule has 1 aromatic carbocycles. The van der Waals surface area contributed by atoms with Gasteiger partial charge in [0.1, 0.15) is 6.10 Å². The van der Waals surface area contributed by atoms with Gasteiger partial charge in [-0.2, -0.15) is 35.6 Å². The molecule has 0 unspecified atom stereocenters. The van der Waals surface area contributed by atoms with Crippen molar-refractivity contribution in [3.05, 3.63) is 54.0 Å². The second-order valence-corrected chi connectivity index (χ2v) is 9.16. The van der Waals surface area contributed by atoms with E-state index in [0.717, 1.165) is 16.4 Å². The molecule has 0 N–H and O–H groups in total. The highest BCUT2D eigenvalue weighted by atomic mass is 32.2. The van der Waals surface area contributed by atoms with Crippen molar-refractivity contribution in [2.45, 2.75) is 29.8 Å². The van der Waals surface area contributed by atoms with Crippen molar-refractivity contribution >= 4 is 10.0 Å². The van der Waals surface area contributed by atoms with Crippen molar-refractivity contribution in [1.29, 1.82) is 0 Å². The number of hydrogen-bond acceptors (Lipinski definition) is 7. The van der Waals surface area contributed by atoms with Gasteiger partial charge in [0.15, 0.2) is 0 Å². The Kier molecular flexibility index (Phi) is 6.01. The molecule has 0 radical (unpaired) electrons. The molecule has 3 heterocycles. The maximum atomic E-state index is 12.7. The summed E-state index contributed by atoms with van der Waals surface area (Å²) < 4.78 is 112. The quantitative estimate of drug-likeness (QED) is 0.481. The number of pyridine rings is 1. The highest BCUT2D eigenvalue weighted by molar-refractivity contribution is 7.89. The molecule has 4 rings (SSSR count). The van der Waals surface area contributed by atoms with Crippen molar-refractivity contribution in [2.75, 3.05) is 13.1 Å². The summed E-state index contributed by atoms with van der Waals surface area (Å²) in [6, 6.07) is 5.90. The van der Waals surface area contributed by atoms with Crippen molar-refractivity contribution in [3.63, 3.8) is 0 Å². The van der Waals surface area contributed by atoms with Crippen LogP contribution in [0, 0.1) is 0 Å². The summed E-state index contributed by atoms with van der Waals surface area (Å²) >= 11 is 0. The topological polar surface area (TPSA) is 98.4 Å². The van der Waals surface area contributed by atoms with Gasteiger partial charge >= 0.3 is 18.2 Å². The number of benzene rings is 1. The first-order valence-corrected chi connectivity index (χ1v) is 11.0. The zero-order chi connectivity index (χ0) is 24.7. The maximum absolute atomic E-state index is 12.7. The summed E-state index contributed by atoms with van der Waals surface area (Å²) in [7, 11) is -4.03. The van der Waals surface area contributed by atoms with E-state index in [1.54, 1.807) is 0 Å². The van der Waals surface area contributed by atoms with Crippen LogP contribution in [-0.2, 0) is 22.4 Å². The summed E-state index contributed by atoms with van der Waals surface area (Å²) in [5.41, 5.74) is -0.816. The van der Waals surface area contributed by atoms with Crippen LogP contribution in [0.5, 0.6) is 5.88 Å². The fraction of sp³-hybridized carbons (Fsp3) is 0.316. The highest BCUT2D eigenvalue weighted by Gasteiger charge is 2.39. The molecule has 0 amide bonds. The van der Waals surface area contributed by atoms with Crippen molar-refractivity contribution in [2.24, 2.45) is 0 Å². The summed E-state index contributed by atoms with van der Waals surface area (Å²) in [4.78, 5) is 6.94. The smallest absolute Gasteiger partial charge is 0.471 e. The number of sulfonamides is 1. The van der Waals surface area contributed by atoms with Gasteiger partial charge in [0.25, 0.3) is 0 Å². The van der Waals surface area contributed by atoms with Crippen LogP contribution < -0.4 is 4.74 Å². The number of nitrogens with zero attached hydrogens (tertiary/aromatic N) is 4. The monoisotopic (exact) mass is 508 g/mol. The Hall–Kier alpha value is -3.20. The van der Waals surface area contributed by atoms with E-state index < -0.39 is 39.9 Å². The van der Waals surface area contributed by atoms with Crippen LogP contribution in [0.1, 0.15) is 17.9 Å². The third-order valence-corrected chi connectivity index (χ3v) is 6.76. The molecule has 0 aliphatic carbocycles. The first kappa shape index (κ1) is 23.9. The Labute approximate surface area is 188 Å². The molecule has 8 nitrogen and oxygen atoms in total. The number of ether oxygens (including phenoxy) is 1. The van der Waals surface area contributed by atoms with Crippen LogP contribution in [0.2, 0.25) is 0 Å². The highest BCUT2D eigenvalue weighted by Crippen LogP contribution is 2.32. The van der Waals surface area contributed by atoms with E-state index in [4.69, 9.17) is 4.74 Å². The van der Waals surface area contributed by atoms with Gasteiger partial charge in [-0.05, 0) is 36.8 Å². The van der Waals surface area contributed by atoms with E-state index in [2.05, 4.69) is 19.6 Å². The molecule has 1 aliphatic rings. The zero-order valence-electron chi connectivity index (χ0n) is 16.8. The number of alkyl halides is 6. The number of rotatable bonds is 5. The molecule has 1 saturated heterocycles. The van der Waals surface area contributed by atoms with Crippen LogP contribution in [0.15, 0.2) is 52.0 Å². The maximum Gasteiger partial charge on any atom is 0.471 e. The summed E-state index contributed by atoms with van der Waals surface area (Å²) in [6.45, 7) is 0.0156. The molecular weight excluding hydrogens is 494 g/mol. The molecular formula is C19H14F6N4O4S. The lowest BCUT2D eigenvalue weighted by atomic mass is 10.2. The first-order valence-electron chi connectivity index (χ1n) is 9.55. The third kappa shape index (κ3) is 4.99. The summed E-state index contributed by atoms with van der Waals surface area (Å²) in [6.07, 6.45) is -8.49. The molecule has 0 spiro atoms. The molecule has 1 fully saturated rings. The second-order valence-electron chi connectivity index (χ2n) is 7.22. The zero-order valence-corrected chi connectivity index (χ0v) is 17.7. The third-order valence-electron chi connectivity index (χ3n) is 4.88. The van der Waals surface area contributed by atoms with Crippen molar-refractivity contribution in [1.82, 2.24) is 19.4 Å². The number of hydrogen-bond donors (Lipinski definition) is 0. The van der Waals surface area contributed by atoms with Crippen LogP contribution in [0.4, 0.5) is 26.3 Å². The van der Waals surface area contributed by atoms with Gasteiger partial charge in [0.05, 0.1) is 17.0 Å². The second kappa shape index (κ2) is 8.54. The molecule has 0 bridgehead atoms. The lowest BCUT2D eigenvalue weighted by molar-refractivity contribution is -0.159. The van der Waals surface area contributed by atoms with Gasteiger partial charge in [-0.1, -0.05) is 5.16 Å². The Morgan fingerprint density at radius 3 is 2.26 bits per heavy atom. The number of aromatic nitrogens is 3. The summed E-state index contributed by atoms with van der Waals surface area (Å²) in [5, 5.41) is 3.25. The molecule has 0 saturated carbocycles. The van der Waals surface area contributed by atoms with Crippen molar-refractivity contribution < 1.29 is 44.0 Å². The van der Waals surface area contributed by atoms with Gasteiger partial charge in [-0.3, -0.25) is 0 Å². The van der Waals surface area contributed by atoms with E-state index in [9.17, 15) is 34.8 Å². The molecule has 1 atom stereocenters. The fourth-order valence-corrected chi connectivity index (χ4v) is 4.67. The van der Waals surface area contributed by atoms with Gasteiger partial charge < -0.3 is 9.26 Å². The van der Waals surface area contributed by atoms with Gasteiger partial charge in [-0.25, -0.2) is 13.4 Å².